The van der Waals surface area contributed by atoms with E-state index in [0.29, 0.717) is 6.61 Å². The third-order valence-electron chi connectivity index (χ3n) is 1.17. The molecule has 5 nitrogen and oxygen atoms in total. The zero-order valence-corrected chi connectivity index (χ0v) is 10.00. The molecule has 0 aliphatic heterocycles. The highest BCUT2D eigenvalue weighted by atomic mass is 32.2. The lowest BCUT2D eigenvalue weighted by molar-refractivity contribution is -0.137. The van der Waals surface area contributed by atoms with Gasteiger partial charge in [-0.2, -0.15) is 8.42 Å². The smallest absolute Gasteiger partial charge is 0.330 e. The Morgan fingerprint density at radius 1 is 1.62 bits per heavy atom. The van der Waals surface area contributed by atoms with Gasteiger partial charge in [-0.1, -0.05) is 25.8 Å². The van der Waals surface area contributed by atoms with Crippen LogP contribution in [-0.4, -0.2) is 31.3 Å². The Hall–Kier alpha value is -1.32. The van der Waals surface area contributed by atoms with Crippen molar-refractivity contribution >= 4 is 16.1 Å². The second kappa shape index (κ2) is 10.2. The van der Waals surface area contributed by atoms with Crippen molar-refractivity contribution in [1.82, 2.24) is 0 Å². The topological polar surface area (TPSA) is 80.7 Å². The predicted molar refractivity (Wildman–Crippen MR) is 61.3 cm³/mol. The average molecular weight is 248 g/mol. The molecule has 0 spiro atoms. The number of ether oxygens (including phenoxy) is 1. The van der Waals surface area contributed by atoms with Crippen molar-refractivity contribution in [1.29, 1.82) is 0 Å². The van der Waals surface area contributed by atoms with Gasteiger partial charge in [0.25, 0.3) is 10.1 Å². The summed E-state index contributed by atoms with van der Waals surface area (Å²) in [5.74, 6) is 0.835. The fourth-order valence-corrected chi connectivity index (χ4v) is 0.692. The minimum absolute atomic E-state index is 0.330. The number of esters is 1. The normalized spacial score (nSPS) is 9.31. The van der Waals surface area contributed by atoms with Crippen molar-refractivity contribution in [2.75, 3.05) is 12.4 Å². The van der Waals surface area contributed by atoms with Crippen molar-refractivity contribution in [2.45, 2.75) is 19.8 Å². The van der Waals surface area contributed by atoms with E-state index >= 15 is 0 Å². The molecule has 0 saturated carbocycles. The number of carbonyl (C=O) groups excluding carboxylic acids is 1. The van der Waals surface area contributed by atoms with E-state index in [1.807, 2.05) is 6.92 Å². The highest BCUT2D eigenvalue weighted by Crippen LogP contribution is 1.88. The van der Waals surface area contributed by atoms with Crippen molar-refractivity contribution in [2.24, 2.45) is 0 Å². The summed E-state index contributed by atoms with van der Waals surface area (Å²) in [4.78, 5) is 10.3. The van der Waals surface area contributed by atoms with Gasteiger partial charge in [0.05, 0.1) is 6.61 Å². The van der Waals surface area contributed by atoms with Crippen LogP contribution >= 0.6 is 0 Å². The van der Waals surface area contributed by atoms with E-state index in [1.54, 1.807) is 5.92 Å². The molecule has 6 heteroatoms. The molecule has 1 N–H and O–H groups in total. The third-order valence-corrected chi connectivity index (χ3v) is 1.71. The maximum absolute atomic E-state index is 10.3. The minimum atomic E-state index is -3.91. The fraction of sp³-hybridized carbons (Fsp3) is 0.500. The molecular weight excluding hydrogens is 232 g/mol. The molecule has 0 rings (SSSR count). The summed E-state index contributed by atoms with van der Waals surface area (Å²) in [5.41, 5.74) is 0. The van der Waals surface area contributed by atoms with Crippen LogP contribution in [0.2, 0.25) is 0 Å². The molecule has 0 fully saturated rings. The summed E-state index contributed by atoms with van der Waals surface area (Å²) in [6.07, 6.45) is 7.68. The van der Waals surface area contributed by atoms with Gasteiger partial charge in [0.15, 0.2) is 0 Å². The Labute approximate surface area is 96.2 Å². The number of terminal acetylenes is 1. The molecule has 16 heavy (non-hydrogen) atoms. The lowest BCUT2D eigenvalue weighted by Gasteiger charge is -1.97. The van der Waals surface area contributed by atoms with Crippen molar-refractivity contribution in [3.8, 4) is 12.3 Å². The van der Waals surface area contributed by atoms with E-state index in [2.05, 4.69) is 17.7 Å². The summed E-state index contributed by atoms with van der Waals surface area (Å²) in [6.45, 7) is 5.82. The molecule has 0 atom stereocenters. The van der Waals surface area contributed by atoms with Crippen LogP contribution in [0.25, 0.3) is 0 Å². The van der Waals surface area contributed by atoms with Gasteiger partial charge >= 0.3 is 5.97 Å². The molecule has 0 radical (unpaired) electrons. The van der Waals surface area contributed by atoms with Crippen LogP contribution in [0.5, 0.6) is 0 Å². The van der Waals surface area contributed by atoms with E-state index in [0.717, 1.165) is 12.8 Å². The van der Waals surface area contributed by atoms with Gasteiger partial charge in [0.1, 0.15) is 5.75 Å². The standard InChI is InChI=1S/C7H12O2.C3H4O3S/c1-3-5-6-9-7(8)4-2;1-2-3-7(4,5)6/h4H,2-3,5-6H2,1H3;1H,3H2,(H,4,5,6). The number of hydrogen-bond donors (Lipinski definition) is 1. The molecule has 0 unspecified atom stereocenters. The quantitative estimate of drug-likeness (QED) is 0.258. The van der Waals surface area contributed by atoms with E-state index in [-0.39, 0.29) is 5.97 Å². The van der Waals surface area contributed by atoms with Crippen LogP contribution < -0.4 is 0 Å². The number of hydrogen-bond acceptors (Lipinski definition) is 4. The maximum Gasteiger partial charge on any atom is 0.330 e. The van der Waals surface area contributed by atoms with Crippen molar-refractivity contribution < 1.29 is 22.5 Å². The fourth-order valence-electron chi connectivity index (χ4n) is 0.481. The van der Waals surface area contributed by atoms with Gasteiger partial charge in [-0.15, -0.1) is 6.42 Å². The Kier molecular flexibility index (Phi) is 10.9. The van der Waals surface area contributed by atoms with Gasteiger partial charge in [-0.05, 0) is 6.42 Å². The second-order valence-electron chi connectivity index (χ2n) is 2.66. The molecule has 0 heterocycles. The van der Waals surface area contributed by atoms with Gasteiger partial charge in [-0.25, -0.2) is 4.79 Å². The highest BCUT2D eigenvalue weighted by Gasteiger charge is 1.96. The molecule has 0 saturated heterocycles. The largest absolute Gasteiger partial charge is 0.463 e. The van der Waals surface area contributed by atoms with Gasteiger partial charge in [0.2, 0.25) is 0 Å². The number of carbonyl (C=O) groups is 1. The molecule has 0 aliphatic carbocycles. The third kappa shape index (κ3) is 18.5. The van der Waals surface area contributed by atoms with Crippen molar-refractivity contribution in [3.05, 3.63) is 12.7 Å². The summed E-state index contributed by atoms with van der Waals surface area (Å²) in [6, 6.07) is 0. The molecule has 0 aromatic rings. The molecule has 0 aromatic carbocycles. The Morgan fingerprint density at radius 3 is 2.44 bits per heavy atom. The van der Waals surface area contributed by atoms with Crippen LogP contribution in [0.3, 0.4) is 0 Å². The van der Waals surface area contributed by atoms with Crippen LogP contribution in [0, 0.1) is 12.3 Å². The van der Waals surface area contributed by atoms with Crippen molar-refractivity contribution in [3.63, 3.8) is 0 Å². The first-order valence-electron chi connectivity index (χ1n) is 4.55. The van der Waals surface area contributed by atoms with Crippen LogP contribution in [-0.2, 0) is 19.6 Å². The summed E-state index contributed by atoms with van der Waals surface area (Å²) >= 11 is 0. The molecule has 0 amide bonds. The zero-order valence-electron chi connectivity index (χ0n) is 9.18. The lowest BCUT2D eigenvalue weighted by atomic mass is 10.4. The van der Waals surface area contributed by atoms with E-state index in [4.69, 9.17) is 4.55 Å². The van der Waals surface area contributed by atoms with E-state index in [1.165, 1.54) is 6.08 Å². The SMILES string of the molecule is C#CCS(=O)(=O)O.C=CC(=O)OCCCC. The Morgan fingerprint density at radius 2 is 2.19 bits per heavy atom. The van der Waals surface area contributed by atoms with Crippen LogP contribution in [0.15, 0.2) is 12.7 Å². The van der Waals surface area contributed by atoms with Crippen LogP contribution in [0.4, 0.5) is 0 Å². The first kappa shape index (κ1) is 17.1. The number of unbranched alkanes of at least 4 members (excludes halogenated alkanes) is 1. The van der Waals surface area contributed by atoms with Gasteiger partial charge < -0.3 is 4.74 Å². The van der Waals surface area contributed by atoms with Gasteiger partial charge in [-0.3, -0.25) is 4.55 Å². The zero-order chi connectivity index (χ0) is 13.0. The van der Waals surface area contributed by atoms with E-state index in [9.17, 15) is 13.2 Å². The Balaban J connectivity index is 0. The number of rotatable bonds is 5. The first-order chi connectivity index (χ1) is 7.37. The molecular formula is C10H16O5S. The van der Waals surface area contributed by atoms with Crippen LogP contribution in [0.1, 0.15) is 19.8 Å². The van der Waals surface area contributed by atoms with Gasteiger partial charge in [0, 0.05) is 6.08 Å². The first-order valence-corrected chi connectivity index (χ1v) is 6.16. The minimum Gasteiger partial charge on any atom is -0.463 e. The highest BCUT2D eigenvalue weighted by molar-refractivity contribution is 7.86. The molecule has 0 aromatic heterocycles. The second-order valence-corrected chi connectivity index (χ2v) is 4.11. The summed E-state index contributed by atoms with van der Waals surface area (Å²) in [5, 5.41) is 0. The Bertz CT molecular complexity index is 337. The summed E-state index contributed by atoms with van der Waals surface area (Å²) in [7, 11) is -3.91. The average Bonchev–Trinajstić information content (AvgIpc) is 2.17. The maximum atomic E-state index is 10.3. The lowest BCUT2D eigenvalue weighted by Crippen LogP contribution is -2.00. The monoisotopic (exact) mass is 248 g/mol. The molecule has 0 bridgehead atoms. The van der Waals surface area contributed by atoms with E-state index < -0.39 is 15.9 Å². The molecule has 92 valence electrons. The predicted octanol–water partition coefficient (Wildman–Crippen LogP) is 1.02. The summed E-state index contributed by atoms with van der Waals surface area (Å²) < 4.78 is 31.8. The molecule has 0 aliphatic rings.